The van der Waals surface area contributed by atoms with Gasteiger partial charge in [0.25, 0.3) is 0 Å². The van der Waals surface area contributed by atoms with Gasteiger partial charge in [0, 0.05) is 0 Å². The first-order valence-corrected chi connectivity index (χ1v) is 9.08. The summed E-state index contributed by atoms with van der Waals surface area (Å²) in [5.74, 6) is -1.39. The molecule has 0 aromatic heterocycles. The minimum Gasteiger partial charge on any atom is -0.342 e. The van der Waals surface area contributed by atoms with Crippen LogP contribution in [0.5, 0.6) is 0 Å². The highest BCUT2D eigenvalue weighted by molar-refractivity contribution is 5.13. The van der Waals surface area contributed by atoms with Crippen LogP contribution < -0.4 is 5.48 Å². The monoisotopic (exact) mass is 365 g/mol. The zero-order chi connectivity index (χ0) is 18.4. The van der Waals surface area contributed by atoms with E-state index in [9.17, 15) is 0 Å². The summed E-state index contributed by atoms with van der Waals surface area (Å²) in [6.45, 7) is 8.49. The molecule has 3 heterocycles. The van der Waals surface area contributed by atoms with Crippen LogP contribution in [0.3, 0.4) is 0 Å². The minimum atomic E-state index is -0.706. The van der Waals surface area contributed by atoms with Crippen molar-refractivity contribution in [1.29, 1.82) is 0 Å². The molecule has 0 radical (unpaired) electrons. The molecule has 1 aromatic carbocycles. The summed E-state index contributed by atoms with van der Waals surface area (Å²) in [5.41, 5.74) is 4.08. The van der Waals surface area contributed by atoms with Gasteiger partial charge in [0.05, 0.1) is 13.2 Å². The predicted molar refractivity (Wildman–Crippen MR) is 91.8 cm³/mol. The molecule has 26 heavy (non-hydrogen) atoms. The largest absolute Gasteiger partial charge is 0.342 e. The van der Waals surface area contributed by atoms with Crippen LogP contribution in [0.15, 0.2) is 30.3 Å². The van der Waals surface area contributed by atoms with Crippen LogP contribution in [0.25, 0.3) is 0 Å². The zero-order valence-corrected chi connectivity index (χ0v) is 15.6. The summed E-state index contributed by atoms with van der Waals surface area (Å²) >= 11 is 0. The molecule has 3 fully saturated rings. The van der Waals surface area contributed by atoms with Crippen LogP contribution in [0, 0.1) is 0 Å². The lowest BCUT2D eigenvalue weighted by Gasteiger charge is -2.37. The molecule has 3 saturated heterocycles. The van der Waals surface area contributed by atoms with Crippen molar-refractivity contribution in [3.8, 4) is 0 Å². The van der Waals surface area contributed by atoms with Gasteiger partial charge >= 0.3 is 0 Å². The maximum Gasteiger partial charge on any atom is 0.190 e. The SMILES string of the molecule is CC1(C)O[C@H]2[C@@H](O1)[C@@H](CNOCc1ccccc1)O[C@@H]1OC(C)(C)O[C@@H]12. The summed E-state index contributed by atoms with van der Waals surface area (Å²) in [6, 6.07) is 9.98. The van der Waals surface area contributed by atoms with Crippen LogP contribution in [-0.2, 0) is 35.1 Å². The molecule has 3 aliphatic rings. The second-order valence-corrected chi connectivity index (χ2v) is 7.83. The Morgan fingerprint density at radius 2 is 1.54 bits per heavy atom. The van der Waals surface area contributed by atoms with Crippen molar-refractivity contribution in [2.45, 2.75) is 76.6 Å². The summed E-state index contributed by atoms with van der Waals surface area (Å²) in [4.78, 5) is 5.58. The van der Waals surface area contributed by atoms with Gasteiger partial charge in [-0.05, 0) is 33.3 Å². The number of fused-ring (bicyclic) bond motifs is 3. The van der Waals surface area contributed by atoms with E-state index in [1.54, 1.807) is 0 Å². The second kappa shape index (κ2) is 6.83. The molecule has 1 aromatic rings. The molecule has 4 rings (SSSR count). The summed E-state index contributed by atoms with van der Waals surface area (Å²) in [6.07, 6.45) is -1.55. The highest BCUT2D eigenvalue weighted by Crippen LogP contribution is 2.43. The average molecular weight is 365 g/mol. The van der Waals surface area contributed by atoms with Gasteiger partial charge in [-0.1, -0.05) is 30.3 Å². The third kappa shape index (κ3) is 3.80. The molecule has 5 atom stereocenters. The number of hydrogen-bond acceptors (Lipinski definition) is 7. The molecule has 1 N–H and O–H groups in total. The van der Waals surface area contributed by atoms with Crippen LogP contribution in [0.4, 0.5) is 0 Å². The fourth-order valence-electron chi connectivity index (χ4n) is 3.71. The molecule has 144 valence electrons. The number of hydrogen-bond donors (Lipinski definition) is 1. The molecule has 0 bridgehead atoms. The van der Waals surface area contributed by atoms with Gasteiger partial charge in [-0.2, -0.15) is 5.48 Å². The zero-order valence-electron chi connectivity index (χ0n) is 15.6. The third-order valence-corrected chi connectivity index (χ3v) is 4.72. The lowest BCUT2D eigenvalue weighted by atomic mass is 9.99. The molecule has 7 nitrogen and oxygen atoms in total. The number of rotatable bonds is 5. The standard InChI is InChI=1S/C19H27NO6/c1-18(2)23-14-13(10-20-21-11-12-8-6-5-7-9-12)22-17-16(15(14)24-18)25-19(3,4)26-17/h5-9,13-17,20H,10-11H2,1-4H3/t13-,14+,15+,16-,17-/m1/s1. The van der Waals surface area contributed by atoms with Crippen molar-refractivity contribution in [3.05, 3.63) is 35.9 Å². The van der Waals surface area contributed by atoms with Crippen LogP contribution in [0.1, 0.15) is 33.3 Å². The van der Waals surface area contributed by atoms with E-state index < -0.39 is 17.9 Å². The molecule has 0 amide bonds. The third-order valence-electron chi connectivity index (χ3n) is 4.72. The Labute approximate surface area is 153 Å². The Kier molecular flexibility index (Phi) is 4.81. The Balaban J connectivity index is 1.38. The van der Waals surface area contributed by atoms with Gasteiger partial charge in [-0.25, -0.2) is 0 Å². The maximum atomic E-state index is 6.11. The molecule has 0 unspecified atom stereocenters. The van der Waals surface area contributed by atoms with E-state index in [1.165, 1.54) is 0 Å². The molecule has 0 spiro atoms. The highest BCUT2D eigenvalue weighted by Gasteiger charge is 2.60. The summed E-state index contributed by atoms with van der Waals surface area (Å²) < 4.78 is 30.2. The van der Waals surface area contributed by atoms with Crippen molar-refractivity contribution in [3.63, 3.8) is 0 Å². The normalized spacial score (nSPS) is 37.3. The predicted octanol–water partition coefficient (Wildman–Crippen LogP) is 2.10. The van der Waals surface area contributed by atoms with Crippen LogP contribution in [-0.4, -0.2) is 48.8 Å². The second-order valence-electron chi connectivity index (χ2n) is 7.83. The quantitative estimate of drug-likeness (QED) is 0.633. The van der Waals surface area contributed by atoms with Gasteiger partial charge in [-0.3, -0.25) is 4.84 Å². The summed E-state index contributed by atoms with van der Waals surface area (Å²) in [5, 5.41) is 0. The Bertz CT molecular complexity index is 622. The van der Waals surface area contributed by atoms with Gasteiger partial charge in [0.15, 0.2) is 17.9 Å². The first-order chi connectivity index (χ1) is 12.3. The Hall–Kier alpha value is -1.06. The van der Waals surface area contributed by atoms with E-state index in [-0.39, 0.29) is 24.4 Å². The molecule has 3 aliphatic heterocycles. The van der Waals surface area contributed by atoms with Crippen molar-refractivity contribution in [2.75, 3.05) is 6.54 Å². The number of benzene rings is 1. The van der Waals surface area contributed by atoms with Crippen LogP contribution >= 0.6 is 0 Å². The fourth-order valence-corrected chi connectivity index (χ4v) is 3.71. The lowest BCUT2D eigenvalue weighted by Crippen LogP contribution is -2.57. The van der Waals surface area contributed by atoms with E-state index in [0.29, 0.717) is 13.2 Å². The number of hydroxylamine groups is 1. The van der Waals surface area contributed by atoms with Crippen molar-refractivity contribution in [1.82, 2.24) is 5.48 Å². The van der Waals surface area contributed by atoms with Gasteiger partial charge in [0.2, 0.25) is 0 Å². The topological polar surface area (TPSA) is 67.4 Å². The van der Waals surface area contributed by atoms with Gasteiger partial charge < -0.3 is 23.7 Å². The first-order valence-electron chi connectivity index (χ1n) is 9.08. The molecule has 7 heteroatoms. The fraction of sp³-hybridized carbons (Fsp3) is 0.684. The van der Waals surface area contributed by atoms with Crippen molar-refractivity contribution in [2.24, 2.45) is 0 Å². The smallest absolute Gasteiger partial charge is 0.190 e. The van der Waals surface area contributed by atoms with E-state index in [0.717, 1.165) is 5.56 Å². The Morgan fingerprint density at radius 3 is 2.31 bits per heavy atom. The molecule has 0 aliphatic carbocycles. The number of nitrogens with one attached hydrogen (secondary N) is 1. The van der Waals surface area contributed by atoms with Crippen LogP contribution in [0.2, 0.25) is 0 Å². The van der Waals surface area contributed by atoms with Crippen molar-refractivity contribution < 1.29 is 28.5 Å². The summed E-state index contributed by atoms with van der Waals surface area (Å²) in [7, 11) is 0. The average Bonchev–Trinajstić information content (AvgIpc) is 3.06. The van der Waals surface area contributed by atoms with Gasteiger partial charge in [-0.15, -0.1) is 0 Å². The number of ether oxygens (including phenoxy) is 5. The maximum absolute atomic E-state index is 6.11. The van der Waals surface area contributed by atoms with E-state index in [2.05, 4.69) is 5.48 Å². The van der Waals surface area contributed by atoms with Gasteiger partial charge in [0.1, 0.15) is 24.4 Å². The first kappa shape index (κ1) is 18.3. The minimum absolute atomic E-state index is 0.244. The van der Waals surface area contributed by atoms with E-state index in [4.69, 9.17) is 28.5 Å². The molecular weight excluding hydrogens is 338 g/mol. The molecular formula is C19H27NO6. The Morgan fingerprint density at radius 1 is 0.885 bits per heavy atom. The van der Waals surface area contributed by atoms with Crippen molar-refractivity contribution >= 4 is 0 Å². The lowest BCUT2D eigenvalue weighted by molar-refractivity contribution is -0.236. The molecule has 0 saturated carbocycles. The van der Waals surface area contributed by atoms with E-state index >= 15 is 0 Å². The highest BCUT2D eigenvalue weighted by atomic mass is 16.9. The van der Waals surface area contributed by atoms with E-state index in [1.807, 2.05) is 58.0 Å².